The van der Waals surface area contributed by atoms with Crippen LogP contribution in [0.2, 0.25) is 0 Å². The lowest BCUT2D eigenvalue weighted by molar-refractivity contribution is 0.0712. The molecule has 1 unspecified atom stereocenters. The van der Waals surface area contributed by atoms with Gasteiger partial charge in [0.25, 0.3) is 0 Å². The monoisotopic (exact) mass is 228 g/mol. The molecule has 0 spiro atoms. The molecule has 17 heavy (non-hydrogen) atoms. The Kier molecular flexibility index (Phi) is 3.70. The Morgan fingerprint density at radius 2 is 2.18 bits per heavy atom. The quantitative estimate of drug-likeness (QED) is 0.594. The van der Waals surface area contributed by atoms with Crippen LogP contribution in [0, 0.1) is 0 Å². The van der Waals surface area contributed by atoms with Crippen LogP contribution in [-0.4, -0.2) is 17.3 Å². The molecule has 1 aromatic carbocycles. The molecule has 0 N–H and O–H groups in total. The van der Waals surface area contributed by atoms with Gasteiger partial charge in [-0.2, -0.15) is 0 Å². The average molecular weight is 228 g/mol. The summed E-state index contributed by atoms with van der Waals surface area (Å²) in [6.45, 7) is 4.07. The van der Waals surface area contributed by atoms with Gasteiger partial charge in [0.2, 0.25) is 0 Å². The number of nitrogens with zero attached hydrogens (tertiary/aromatic N) is 2. The fraction of sp³-hybridized carbons (Fsp3) is 0.286. The molecule has 0 saturated carbocycles. The van der Waals surface area contributed by atoms with Gasteiger partial charge in [-0.05, 0) is 19.4 Å². The van der Waals surface area contributed by atoms with Gasteiger partial charge in [0.05, 0.1) is 11.7 Å². The molecule has 2 rings (SSSR count). The minimum atomic E-state index is 0.147. The molecule has 3 nitrogen and oxygen atoms in total. The zero-order valence-electron chi connectivity index (χ0n) is 10.1. The van der Waals surface area contributed by atoms with Crippen molar-refractivity contribution >= 4 is 17.1 Å². The molecule has 1 atom stereocenters. The predicted molar refractivity (Wildman–Crippen MR) is 70.2 cm³/mol. The van der Waals surface area contributed by atoms with Gasteiger partial charge in [0.15, 0.2) is 0 Å². The molecule has 0 bridgehead atoms. The van der Waals surface area contributed by atoms with E-state index < -0.39 is 0 Å². The average Bonchev–Trinajstić information content (AvgIpc) is 2.39. The molecule has 0 aliphatic rings. The number of fused-ring (bicyclic) bond motifs is 1. The highest BCUT2D eigenvalue weighted by atomic mass is 16.6. The normalized spacial score (nSPS) is 13.1. The van der Waals surface area contributed by atoms with Crippen LogP contribution in [0.5, 0.6) is 0 Å². The van der Waals surface area contributed by atoms with Crippen LogP contribution in [0.1, 0.15) is 25.8 Å². The number of rotatable bonds is 4. The van der Waals surface area contributed by atoms with Crippen molar-refractivity contribution < 1.29 is 4.84 Å². The highest BCUT2D eigenvalue weighted by Crippen LogP contribution is 2.14. The highest BCUT2D eigenvalue weighted by Gasteiger charge is 1.99. The van der Waals surface area contributed by atoms with Crippen molar-refractivity contribution in [2.24, 2.45) is 5.16 Å². The SMILES string of the molecule is CCC(C)O/N=C/c1cccc2cccnc12. The number of aromatic nitrogens is 1. The summed E-state index contributed by atoms with van der Waals surface area (Å²) < 4.78 is 0. The molecule has 0 amide bonds. The van der Waals surface area contributed by atoms with E-state index in [-0.39, 0.29) is 6.10 Å². The van der Waals surface area contributed by atoms with Crippen LogP contribution in [0.15, 0.2) is 41.7 Å². The van der Waals surface area contributed by atoms with Gasteiger partial charge in [-0.1, -0.05) is 36.3 Å². The number of hydrogen-bond acceptors (Lipinski definition) is 3. The summed E-state index contributed by atoms with van der Waals surface area (Å²) in [6.07, 6.45) is 4.61. The highest BCUT2D eigenvalue weighted by molar-refractivity contribution is 5.97. The van der Waals surface area contributed by atoms with E-state index in [0.29, 0.717) is 0 Å². The molecule has 3 heteroatoms. The van der Waals surface area contributed by atoms with Gasteiger partial charge in [-0.25, -0.2) is 0 Å². The van der Waals surface area contributed by atoms with E-state index >= 15 is 0 Å². The Labute approximate surface area is 101 Å². The molecular weight excluding hydrogens is 212 g/mol. The first kappa shape index (κ1) is 11.6. The van der Waals surface area contributed by atoms with Crippen molar-refractivity contribution in [3.63, 3.8) is 0 Å². The molecule has 0 saturated heterocycles. The maximum absolute atomic E-state index is 5.29. The van der Waals surface area contributed by atoms with Crippen molar-refractivity contribution in [1.82, 2.24) is 4.98 Å². The molecule has 0 fully saturated rings. The zero-order chi connectivity index (χ0) is 12.1. The number of para-hydroxylation sites is 1. The van der Waals surface area contributed by atoms with Crippen molar-refractivity contribution in [3.05, 3.63) is 42.1 Å². The summed E-state index contributed by atoms with van der Waals surface area (Å²) in [4.78, 5) is 9.64. The lowest BCUT2D eigenvalue weighted by atomic mass is 10.1. The summed E-state index contributed by atoms with van der Waals surface area (Å²) in [5.41, 5.74) is 1.93. The molecule has 1 aromatic heterocycles. The summed E-state index contributed by atoms with van der Waals surface area (Å²) in [7, 11) is 0. The number of hydrogen-bond donors (Lipinski definition) is 0. The third-order valence-corrected chi connectivity index (χ3v) is 2.67. The second-order valence-corrected chi connectivity index (χ2v) is 3.98. The third kappa shape index (κ3) is 2.81. The standard InChI is InChI=1S/C14H16N2O/c1-3-11(2)17-16-10-13-7-4-6-12-8-5-9-15-14(12)13/h4-11H,3H2,1-2H3/b16-10+. The molecule has 1 heterocycles. The smallest absolute Gasteiger partial charge is 0.124 e. The van der Waals surface area contributed by atoms with Crippen molar-refractivity contribution in [2.45, 2.75) is 26.4 Å². The van der Waals surface area contributed by atoms with Crippen molar-refractivity contribution in [3.8, 4) is 0 Å². The molecule has 88 valence electrons. The van der Waals surface area contributed by atoms with E-state index in [1.165, 1.54) is 0 Å². The number of oxime groups is 1. The predicted octanol–water partition coefficient (Wildman–Crippen LogP) is 3.38. The van der Waals surface area contributed by atoms with Gasteiger partial charge in [0, 0.05) is 17.1 Å². The van der Waals surface area contributed by atoms with E-state index in [0.717, 1.165) is 22.9 Å². The maximum Gasteiger partial charge on any atom is 0.124 e. The van der Waals surface area contributed by atoms with Crippen LogP contribution in [0.4, 0.5) is 0 Å². The lowest BCUT2D eigenvalue weighted by Crippen LogP contribution is -2.01. The Balaban J connectivity index is 2.24. The van der Waals surface area contributed by atoms with E-state index in [4.69, 9.17) is 4.84 Å². The Bertz CT molecular complexity index is 517. The number of benzene rings is 1. The molecular formula is C14H16N2O. The van der Waals surface area contributed by atoms with Crippen LogP contribution in [0.3, 0.4) is 0 Å². The Morgan fingerprint density at radius 3 is 3.00 bits per heavy atom. The molecule has 0 aliphatic heterocycles. The maximum atomic E-state index is 5.29. The van der Waals surface area contributed by atoms with Gasteiger partial charge in [0.1, 0.15) is 6.10 Å². The summed E-state index contributed by atoms with van der Waals surface area (Å²) in [5, 5.41) is 5.11. The molecule has 2 aromatic rings. The lowest BCUT2D eigenvalue weighted by Gasteiger charge is -2.05. The Morgan fingerprint density at radius 1 is 1.35 bits per heavy atom. The third-order valence-electron chi connectivity index (χ3n) is 2.67. The second kappa shape index (κ2) is 5.43. The topological polar surface area (TPSA) is 34.5 Å². The van der Waals surface area contributed by atoms with Gasteiger partial charge in [-0.3, -0.25) is 4.98 Å². The van der Waals surface area contributed by atoms with Crippen molar-refractivity contribution in [2.75, 3.05) is 0 Å². The van der Waals surface area contributed by atoms with E-state index in [1.54, 1.807) is 12.4 Å². The van der Waals surface area contributed by atoms with E-state index in [1.807, 2.05) is 37.3 Å². The minimum Gasteiger partial charge on any atom is -0.393 e. The minimum absolute atomic E-state index is 0.147. The fourth-order valence-electron chi connectivity index (χ4n) is 1.50. The van der Waals surface area contributed by atoms with Gasteiger partial charge >= 0.3 is 0 Å². The molecule has 0 aliphatic carbocycles. The van der Waals surface area contributed by atoms with E-state index in [2.05, 4.69) is 17.1 Å². The first-order valence-electron chi connectivity index (χ1n) is 5.84. The van der Waals surface area contributed by atoms with Gasteiger partial charge < -0.3 is 4.84 Å². The van der Waals surface area contributed by atoms with Gasteiger partial charge in [-0.15, -0.1) is 0 Å². The number of pyridine rings is 1. The first-order valence-corrected chi connectivity index (χ1v) is 5.84. The van der Waals surface area contributed by atoms with Crippen LogP contribution >= 0.6 is 0 Å². The summed E-state index contributed by atoms with van der Waals surface area (Å²) >= 11 is 0. The van der Waals surface area contributed by atoms with Crippen LogP contribution < -0.4 is 0 Å². The van der Waals surface area contributed by atoms with Crippen molar-refractivity contribution in [1.29, 1.82) is 0 Å². The summed E-state index contributed by atoms with van der Waals surface area (Å²) in [5.74, 6) is 0. The zero-order valence-corrected chi connectivity index (χ0v) is 10.1. The molecule has 0 radical (unpaired) electrons. The van der Waals surface area contributed by atoms with Crippen LogP contribution in [0.25, 0.3) is 10.9 Å². The second-order valence-electron chi connectivity index (χ2n) is 3.98. The largest absolute Gasteiger partial charge is 0.393 e. The summed E-state index contributed by atoms with van der Waals surface area (Å²) in [6, 6.07) is 9.98. The van der Waals surface area contributed by atoms with E-state index in [9.17, 15) is 0 Å². The first-order chi connectivity index (χ1) is 8.31. The fourth-order valence-corrected chi connectivity index (χ4v) is 1.50. The van der Waals surface area contributed by atoms with Crippen LogP contribution in [-0.2, 0) is 4.84 Å². The Hall–Kier alpha value is -1.90.